The van der Waals surface area contributed by atoms with Gasteiger partial charge in [-0.05, 0) is 44.9 Å². The van der Waals surface area contributed by atoms with Crippen LogP contribution in [0.3, 0.4) is 0 Å². The van der Waals surface area contributed by atoms with Crippen molar-refractivity contribution in [1.82, 2.24) is 5.32 Å². The van der Waals surface area contributed by atoms with Crippen LogP contribution in [0, 0.1) is 6.92 Å². The number of benzene rings is 1. The molecule has 1 aromatic carbocycles. The van der Waals surface area contributed by atoms with Gasteiger partial charge in [0.2, 0.25) is 0 Å². The first-order chi connectivity index (χ1) is 9.08. The molecule has 0 aliphatic heterocycles. The summed E-state index contributed by atoms with van der Waals surface area (Å²) >= 11 is 0. The lowest BCUT2D eigenvalue weighted by Gasteiger charge is -2.16. The Morgan fingerprint density at radius 3 is 2.79 bits per heavy atom. The molecule has 0 saturated heterocycles. The number of nitrogens with one attached hydrogen (secondary N) is 2. The molecule has 4 nitrogen and oxygen atoms in total. The highest BCUT2D eigenvalue weighted by Gasteiger charge is 2.13. The van der Waals surface area contributed by atoms with Crippen molar-refractivity contribution in [3.8, 4) is 0 Å². The number of carbonyl (C=O) groups excluding carboxylic acids is 1. The van der Waals surface area contributed by atoms with Crippen molar-refractivity contribution in [2.75, 3.05) is 25.6 Å². The smallest absolute Gasteiger partial charge is 0.253 e. The van der Waals surface area contributed by atoms with Crippen LogP contribution in [0.1, 0.15) is 36.2 Å². The van der Waals surface area contributed by atoms with E-state index in [0.29, 0.717) is 12.2 Å². The molecule has 19 heavy (non-hydrogen) atoms. The Morgan fingerprint density at radius 2 is 2.16 bits per heavy atom. The lowest BCUT2D eigenvalue weighted by Crippen LogP contribution is -2.33. The van der Waals surface area contributed by atoms with Gasteiger partial charge in [-0.15, -0.1) is 0 Å². The van der Waals surface area contributed by atoms with E-state index < -0.39 is 0 Å². The van der Waals surface area contributed by atoms with Gasteiger partial charge in [0.25, 0.3) is 5.91 Å². The second-order valence-corrected chi connectivity index (χ2v) is 4.74. The summed E-state index contributed by atoms with van der Waals surface area (Å²) in [5, 5.41) is 6.22. The minimum absolute atomic E-state index is 0.0421. The van der Waals surface area contributed by atoms with E-state index in [2.05, 4.69) is 10.6 Å². The first-order valence-electron chi connectivity index (χ1n) is 6.72. The number of hydrogen-bond donors (Lipinski definition) is 2. The van der Waals surface area contributed by atoms with Crippen LogP contribution in [0.2, 0.25) is 0 Å². The second-order valence-electron chi connectivity index (χ2n) is 4.74. The van der Waals surface area contributed by atoms with Crippen molar-refractivity contribution in [2.45, 2.75) is 33.2 Å². The molecule has 0 bridgehead atoms. The van der Waals surface area contributed by atoms with Gasteiger partial charge in [-0.25, -0.2) is 0 Å². The predicted octanol–water partition coefficient (Wildman–Crippen LogP) is 2.58. The Hall–Kier alpha value is -1.55. The van der Waals surface area contributed by atoms with Crippen LogP contribution in [0.15, 0.2) is 18.2 Å². The molecule has 0 saturated carbocycles. The van der Waals surface area contributed by atoms with Gasteiger partial charge in [-0.1, -0.05) is 6.07 Å². The van der Waals surface area contributed by atoms with Gasteiger partial charge in [0.15, 0.2) is 0 Å². The van der Waals surface area contributed by atoms with Crippen LogP contribution in [0.25, 0.3) is 0 Å². The number of hydrogen-bond acceptors (Lipinski definition) is 3. The SMILES string of the molecule is CCNc1cc(C)ccc1C(=O)NC(C)CCOC. The fourth-order valence-corrected chi connectivity index (χ4v) is 1.86. The van der Waals surface area contributed by atoms with Crippen LogP contribution in [0.4, 0.5) is 5.69 Å². The third kappa shape index (κ3) is 4.91. The number of methoxy groups -OCH3 is 1. The van der Waals surface area contributed by atoms with E-state index in [9.17, 15) is 4.79 Å². The topological polar surface area (TPSA) is 50.4 Å². The Kier molecular flexibility index (Phi) is 6.36. The third-order valence-electron chi connectivity index (χ3n) is 2.92. The van der Waals surface area contributed by atoms with E-state index >= 15 is 0 Å². The summed E-state index contributed by atoms with van der Waals surface area (Å²) in [6.45, 7) is 7.46. The van der Waals surface area contributed by atoms with Crippen molar-refractivity contribution in [3.63, 3.8) is 0 Å². The molecular weight excluding hydrogens is 240 g/mol. The van der Waals surface area contributed by atoms with Gasteiger partial charge in [0.1, 0.15) is 0 Å². The minimum atomic E-state index is -0.0421. The van der Waals surface area contributed by atoms with Gasteiger partial charge in [0, 0.05) is 32.0 Å². The van der Waals surface area contributed by atoms with Crippen LogP contribution in [-0.2, 0) is 4.74 Å². The molecule has 1 aromatic rings. The first kappa shape index (κ1) is 15.5. The van der Waals surface area contributed by atoms with Crippen molar-refractivity contribution in [3.05, 3.63) is 29.3 Å². The number of aryl methyl sites for hydroxylation is 1. The summed E-state index contributed by atoms with van der Waals surface area (Å²) in [5.74, 6) is -0.0421. The Labute approximate surface area is 115 Å². The Bertz CT molecular complexity index is 419. The standard InChI is InChI=1S/C15H24N2O2/c1-5-16-14-10-11(2)6-7-13(14)15(18)17-12(3)8-9-19-4/h6-7,10,12,16H,5,8-9H2,1-4H3,(H,17,18). The Balaban J connectivity index is 2.75. The Morgan fingerprint density at radius 1 is 1.42 bits per heavy atom. The highest BCUT2D eigenvalue weighted by molar-refractivity contribution is 5.99. The number of anilines is 1. The molecule has 0 aliphatic rings. The molecule has 0 fully saturated rings. The third-order valence-corrected chi connectivity index (χ3v) is 2.92. The van der Waals surface area contributed by atoms with Crippen molar-refractivity contribution in [2.24, 2.45) is 0 Å². The molecule has 0 aliphatic carbocycles. The van der Waals surface area contributed by atoms with Gasteiger partial charge in [-0.3, -0.25) is 4.79 Å². The van der Waals surface area contributed by atoms with Crippen LogP contribution in [0.5, 0.6) is 0 Å². The molecule has 0 spiro atoms. The number of amides is 1. The monoisotopic (exact) mass is 264 g/mol. The van der Waals surface area contributed by atoms with Crippen LogP contribution in [-0.4, -0.2) is 32.2 Å². The second kappa shape index (κ2) is 7.79. The zero-order valence-electron chi connectivity index (χ0n) is 12.2. The van der Waals surface area contributed by atoms with Crippen LogP contribution < -0.4 is 10.6 Å². The van der Waals surface area contributed by atoms with Crippen molar-refractivity contribution >= 4 is 11.6 Å². The minimum Gasteiger partial charge on any atom is -0.385 e. The molecule has 1 rings (SSSR count). The van der Waals surface area contributed by atoms with E-state index in [1.54, 1.807) is 7.11 Å². The maximum atomic E-state index is 12.2. The predicted molar refractivity (Wildman–Crippen MR) is 78.8 cm³/mol. The number of rotatable bonds is 7. The fourth-order valence-electron chi connectivity index (χ4n) is 1.86. The lowest BCUT2D eigenvalue weighted by atomic mass is 10.1. The molecule has 2 N–H and O–H groups in total. The fraction of sp³-hybridized carbons (Fsp3) is 0.533. The molecule has 4 heteroatoms. The zero-order chi connectivity index (χ0) is 14.3. The maximum Gasteiger partial charge on any atom is 0.253 e. The highest BCUT2D eigenvalue weighted by atomic mass is 16.5. The van der Waals surface area contributed by atoms with E-state index in [-0.39, 0.29) is 11.9 Å². The summed E-state index contributed by atoms with van der Waals surface area (Å²) in [7, 11) is 1.66. The molecule has 1 atom stereocenters. The van der Waals surface area contributed by atoms with Crippen molar-refractivity contribution < 1.29 is 9.53 Å². The van der Waals surface area contributed by atoms with Gasteiger partial charge < -0.3 is 15.4 Å². The summed E-state index contributed by atoms with van der Waals surface area (Å²) in [6, 6.07) is 5.92. The number of carbonyl (C=O) groups is 1. The molecule has 0 aromatic heterocycles. The van der Waals surface area contributed by atoms with E-state index in [4.69, 9.17) is 4.74 Å². The summed E-state index contributed by atoms with van der Waals surface area (Å²) < 4.78 is 5.01. The van der Waals surface area contributed by atoms with Gasteiger partial charge in [-0.2, -0.15) is 0 Å². The first-order valence-corrected chi connectivity index (χ1v) is 6.72. The van der Waals surface area contributed by atoms with E-state index in [1.165, 1.54) is 0 Å². The highest BCUT2D eigenvalue weighted by Crippen LogP contribution is 2.17. The number of ether oxygens (including phenoxy) is 1. The molecular formula is C15H24N2O2. The molecule has 0 heterocycles. The van der Waals surface area contributed by atoms with Gasteiger partial charge >= 0.3 is 0 Å². The molecule has 1 amide bonds. The average Bonchev–Trinajstić information content (AvgIpc) is 2.36. The zero-order valence-corrected chi connectivity index (χ0v) is 12.2. The maximum absolute atomic E-state index is 12.2. The summed E-state index contributed by atoms with van der Waals surface area (Å²) in [6.07, 6.45) is 0.810. The van der Waals surface area contributed by atoms with Gasteiger partial charge in [0.05, 0.1) is 5.56 Å². The summed E-state index contributed by atoms with van der Waals surface area (Å²) in [4.78, 5) is 12.2. The quantitative estimate of drug-likeness (QED) is 0.796. The lowest BCUT2D eigenvalue weighted by molar-refractivity contribution is 0.0930. The normalized spacial score (nSPS) is 12.0. The average molecular weight is 264 g/mol. The van der Waals surface area contributed by atoms with Crippen molar-refractivity contribution in [1.29, 1.82) is 0 Å². The molecule has 1 unspecified atom stereocenters. The molecule has 0 radical (unpaired) electrons. The van der Waals surface area contributed by atoms with Crippen LogP contribution >= 0.6 is 0 Å². The largest absolute Gasteiger partial charge is 0.385 e. The summed E-state index contributed by atoms with van der Waals surface area (Å²) in [5.41, 5.74) is 2.72. The van der Waals surface area contributed by atoms with E-state index in [1.807, 2.05) is 39.0 Å². The van der Waals surface area contributed by atoms with E-state index in [0.717, 1.165) is 24.2 Å². The molecule has 106 valence electrons.